The zero-order chi connectivity index (χ0) is 15.6. The van der Waals surface area contributed by atoms with Crippen molar-refractivity contribution in [2.24, 2.45) is 10.9 Å². The van der Waals surface area contributed by atoms with E-state index >= 15 is 0 Å². The largest absolute Gasteiger partial charge is 0.409 e. The molecule has 1 unspecified atom stereocenters. The normalized spacial score (nSPS) is 21.4. The highest BCUT2D eigenvalue weighted by Crippen LogP contribution is 2.31. The van der Waals surface area contributed by atoms with Crippen molar-refractivity contribution in [3.05, 3.63) is 27.1 Å². The number of hydrogen-bond donors (Lipinski definition) is 2. The topological polar surface area (TPSA) is 96.0 Å². The molecule has 0 saturated carbocycles. The number of piperidine rings is 1. The van der Waals surface area contributed by atoms with Crippen molar-refractivity contribution in [3.8, 4) is 0 Å². The van der Waals surface area contributed by atoms with Crippen LogP contribution < -0.4 is 5.73 Å². The van der Waals surface area contributed by atoms with E-state index in [1.807, 2.05) is 0 Å². The first kappa shape index (κ1) is 16.7. The van der Waals surface area contributed by atoms with E-state index in [0.717, 1.165) is 12.8 Å². The summed E-state index contributed by atoms with van der Waals surface area (Å²) >= 11 is 6.55. The van der Waals surface area contributed by atoms with E-state index in [-0.39, 0.29) is 10.7 Å². The molecule has 1 saturated heterocycles. The second-order valence-corrected chi connectivity index (χ2v) is 8.36. The van der Waals surface area contributed by atoms with Crippen molar-refractivity contribution in [1.82, 2.24) is 4.31 Å². The number of halogens is 2. The minimum absolute atomic E-state index is 0.0793. The number of nitrogens with two attached hydrogens (primary N) is 1. The Kier molecular flexibility index (Phi) is 5.29. The van der Waals surface area contributed by atoms with E-state index in [1.165, 1.54) is 10.4 Å². The molecule has 0 bridgehead atoms. The van der Waals surface area contributed by atoms with Gasteiger partial charge in [0.15, 0.2) is 5.84 Å². The Balaban J connectivity index is 2.48. The monoisotopic (exact) mass is 439 g/mol. The van der Waals surface area contributed by atoms with Gasteiger partial charge in [0.1, 0.15) is 0 Å². The van der Waals surface area contributed by atoms with Crippen molar-refractivity contribution in [2.45, 2.75) is 30.2 Å². The van der Waals surface area contributed by atoms with Crippen LogP contribution in [0.4, 0.5) is 0 Å². The standard InChI is InChI=1S/C12H15Br2N3O3S/c13-8-4-5-9(14)11(7-8)21(19,20)17-6-2-1-3-10(17)12(15)16-18/h4-5,7,10,18H,1-3,6H2,(H2,15,16). The van der Waals surface area contributed by atoms with E-state index < -0.39 is 16.1 Å². The van der Waals surface area contributed by atoms with Crippen LogP contribution in [-0.4, -0.2) is 36.4 Å². The highest BCUT2D eigenvalue weighted by atomic mass is 79.9. The molecule has 9 heteroatoms. The Bertz CT molecular complexity index is 664. The summed E-state index contributed by atoms with van der Waals surface area (Å²) in [5, 5.41) is 11.8. The van der Waals surface area contributed by atoms with Gasteiger partial charge in [-0.3, -0.25) is 0 Å². The number of hydrogen-bond acceptors (Lipinski definition) is 4. The van der Waals surface area contributed by atoms with Crippen molar-refractivity contribution in [3.63, 3.8) is 0 Å². The quantitative estimate of drug-likeness (QED) is 0.326. The van der Waals surface area contributed by atoms with E-state index in [9.17, 15) is 8.42 Å². The lowest BCUT2D eigenvalue weighted by Crippen LogP contribution is -2.50. The zero-order valence-electron chi connectivity index (χ0n) is 11.0. The molecule has 1 aliphatic rings. The molecule has 1 atom stereocenters. The maximum Gasteiger partial charge on any atom is 0.244 e. The van der Waals surface area contributed by atoms with E-state index in [0.29, 0.717) is 21.9 Å². The molecule has 3 N–H and O–H groups in total. The number of nitrogens with zero attached hydrogens (tertiary/aromatic N) is 2. The van der Waals surface area contributed by atoms with Gasteiger partial charge in [-0.15, -0.1) is 0 Å². The fourth-order valence-corrected chi connectivity index (χ4v) is 5.49. The molecular formula is C12H15Br2N3O3S. The molecule has 0 aromatic heterocycles. The molecular weight excluding hydrogens is 426 g/mol. The molecule has 0 spiro atoms. The molecule has 1 heterocycles. The molecule has 2 rings (SSSR count). The van der Waals surface area contributed by atoms with Crippen molar-refractivity contribution in [1.29, 1.82) is 0 Å². The Hall–Kier alpha value is -0.640. The number of oxime groups is 1. The van der Waals surface area contributed by atoms with Gasteiger partial charge in [0.05, 0.1) is 10.9 Å². The van der Waals surface area contributed by atoms with Crippen LogP contribution in [-0.2, 0) is 10.0 Å². The van der Waals surface area contributed by atoms with Crippen LogP contribution in [0, 0.1) is 0 Å². The summed E-state index contributed by atoms with van der Waals surface area (Å²) in [6.45, 7) is 0.349. The third-order valence-electron chi connectivity index (χ3n) is 3.39. The van der Waals surface area contributed by atoms with Crippen molar-refractivity contribution >= 4 is 47.7 Å². The molecule has 1 aromatic carbocycles. The van der Waals surface area contributed by atoms with Gasteiger partial charge in [0.2, 0.25) is 10.0 Å². The summed E-state index contributed by atoms with van der Waals surface area (Å²) < 4.78 is 28.2. The summed E-state index contributed by atoms with van der Waals surface area (Å²) in [6.07, 6.45) is 2.13. The van der Waals surface area contributed by atoms with Gasteiger partial charge >= 0.3 is 0 Å². The highest BCUT2D eigenvalue weighted by molar-refractivity contribution is 9.11. The predicted molar refractivity (Wildman–Crippen MR) is 86.8 cm³/mol. The second kappa shape index (κ2) is 6.64. The first-order valence-corrected chi connectivity index (χ1v) is 9.35. The summed E-state index contributed by atoms with van der Waals surface area (Å²) in [5.74, 6) is -0.0793. The fraction of sp³-hybridized carbons (Fsp3) is 0.417. The lowest BCUT2D eigenvalue weighted by atomic mass is 10.0. The maximum atomic E-state index is 12.9. The van der Waals surface area contributed by atoms with Gasteiger partial charge < -0.3 is 10.9 Å². The number of amidine groups is 1. The number of sulfonamides is 1. The average Bonchev–Trinajstić information content (AvgIpc) is 2.48. The Morgan fingerprint density at radius 3 is 2.76 bits per heavy atom. The van der Waals surface area contributed by atoms with Gasteiger partial charge in [0.25, 0.3) is 0 Å². The number of benzene rings is 1. The molecule has 21 heavy (non-hydrogen) atoms. The lowest BCUT2D eigenvalue weighted by Gasteiger charge is -2.33. The third kappa shape index (κ3) is 3.41. The van der Waals surface area contributed by atoms with Gasteiger partial charge in [-0.2, -0.15) is 4.31 Å². The van der Waals surface area contributed by atoms with Gasteiger partial charge in [-0.25, -0.2) is 8.42 Å². The minimum Gasteiger partial charge on any atom is -0.409 e. The maximum absolute atomic E-state index is 12.9. The van der Waals surface area contributed by atoms with Crippen LogP contribution in [0.5, 0.6) is 0 Å². The van der Waals surface area contributed by atoms with Crippen LogP contribution >= 0.6 is 31.9 Å². The Labute approximate surface area is 140 Å². The van der Waals surface area contributed by atoms with E-state index in [2.05, 4.69) is 37.0 Å². The minimum atomic E-state index is -3.73. The van der Waals surface area contributed by atoms with Gasteiger partial charge in [-0.05, 0) is 47.0 Å². The van der Waals surface area contributed by atoms with Crippen LogP contribution in [0.15, 0.2) is 37.2 Å². The molecule has 1 fully saturated rings. The molecule has 0 radical (unpaired) electrons. The highest BCUT2D eigenvalue weighted by Gasteiger charge is 2.36. The third-order valence-corrected chi connectivity index (χ3v) is 6.79. The Morgan fingerprint density at radius 1 is 1.38 bits per heavy atom. The van der Waals surface area contributed by atoms with Crippen LogP contribution in [0.2, 0.25) is 0 Å². The summed E-state index contributed by atoms with van der Waals surface area (Å²) in [5.41, 5.74) is 5.65. The fourth-order valence-electron chi connectivity index (χ4n) is 2.36. The van der Waals surface area contributed by atoms with Crippen LogP contribution in [0.1, 0.15) is 19.3 Å². The second-order valence-electron chi connectivity index (χ2n) is 4.73. The van der Waals surface area contributed by atoms with Crippen LogP contribution in [0.25, 0.3) is 0 Å². The van der Waals surface area contributed by atoms with Crippen molar-refractivity contribution < 1.29 is 13.6 Å². The SMILES string of the molecule is NC(=NO)C1CCCCN1S(=O)(=O)c1cc(Br)ccc1Br. The van der Waals surface area contributed by atoms with E-state index in [4.69, 9.17) is 10.9 Å². The predicted octanol–water partition coefficient (Wildman–Crippen LogP) is 2.50. The van der Waals surface area contributed by atoms with E-state index in [1.54, 1.807) is 12.1 Å². The zero-order valence-corrected chi connectivity index (χ0v) is 15.0. The molecule has 0 amide bonds. The summed E-state index contributed by atoms with van der Waals surface area (Å²) in [4.78, 5) is 0.162. The first-order chi connectivity index (χ1) is 9.87. The Morgan fingerprint density at radius 2 is 2.10 bits per heavy atom. The average molecular weight is 441 g/mol. The smallest absolute Gasteiger partial charge is 0.244 e. The summed E-state index contributed by atoms with van der Waals surface area (Å²) in [6, 6.07) is 4.34. The number of rotatable bonds is 3. The first-order valence-electron chi connectivity index (χ1n) is 6.32. The van der Waals surface area contributed by atoms with Crippen molar-refractivity contribution in [2.75, 3.05) is 6.54 Å². The summed E-state index contributed by atoms with van der Waals surface area (Å²) in [7, 11) is -3.73. The van der Waals surface area contributed by atoms with Crippen LogP contribution in [0.3, 0.4) is 0 Å². The molecule has 0 aliphatic carbocycles. The molecule has 1 aliphatic heterocycles. The molecule has 1 aromatic rings. The molecule has 116 valence electrons. The van der Waals surface area contributed by atoms with Gasteiger partial charge in [0, 0.05) is 15.5 Å². The molecule has 6 nitrogen and oxygen atoms in total. The van der Waals surface area contributed by atoms with Gasteiger partial charge in [-0.1, -0.05) is 27.5 Å². The lowest BCUT2D eigenvalue weighted by molar-refractivity contribution is 0.281.